The van der Waals surface area contributed by atoms with Gasteiger partial charge in [0.2, 0.25) is 5.91 Å². The number of likely N-dealkylation sites (N-methyl/N-ethyl adjacent to an activating group) is 1. The topological polar surface area (TPSA) is 32.3 Å². The average molecular weight is 311 g/mol. The molecule has 0 fully saturated rings. The van der Waals surface area contributed by atoms with E-state index in [0.717, 1.165) is 24.5 Å². The maximum Gasteiger partial charge on any atom is 0.237 e. The molecule has 1 atom stereocenters. The van der Waals surface area contributed by atoms with Crippen molar-refractivity contribution in [2.24, 2.45) is 0 Å². The lowest BCUT2D eigenvalue weighted by Crippen LogP contribution is -2.53. The van der Waals surface area contributed by atoms with Gasteiger partial charge in [-0.25, -0.2) is 0 Å². The first-order valence-corrected chi connectivity index (χ1v) is 7.97. The number of nitrogens with zero attached hydrogens (tertiary/aromatic N) is 1. The standard InChI is InChI=1S/C17H27ClN2O/c1-6-20(7-2)13(3)16(21)19-17(4,5)12-14-8-10-15(18)11-9-14/h8-11,13H,6-7,12H2,1-5H3,(H,19,21). The predicted octanol–water partition coefficient (Wildman–Crippen LogP) is 3.51. The summed E-state index contributed by atoms with van der Waals surface area (Å²) in [7, 11) is 0. The van der Waals surface area contributed by atoms with Gasteiger partial charge in [0.05, 0.1) is 6.04 Å². The molecule has 0 aliphatic carbocycles. The summed E-state index contributed by atoms with van der Waals surface area (Å²) in [5.41, 5.74) is 0.881. The van der Waals surface area contributed by atoms with Crippen molar-refractivity contribution in [2.75, 3.05) is 13.1 Å². The number of carbonyl (C=O) groups is 1. The van der Waals surface area contributed by atoms with Gasteiger partial charge in [-0.15, -0.1) is 0 Å². The highest BCUT2D eigenvalue weighted by molar-refractivity contribution is 6.30. The van der Waals surface area contributed by atoms with Gasteiger partial charge in [-0.2, -0.15) is 0 Å². The zero-order chi connectivity index (χ0) is 16.0. The molecule has 21 heavy (non-hydrogen) atoms. The molecule has 1 aromatic carbocycles. The van der Waals surface area contributed by atoms with E-state index in [4.69, 9.17) is 11.6 Å². The monoisotopic (exact) mass is 310 g/mol. The summed E-state index contributed by atoms with van der Waals surface area (Å²) in [4.78, 5) is 14.5. The maximum absolute atomic E-state index is 12.4. The molecule has 0 saturated heterocycles. The molecule has 118 valence electrons. The van der Waals surface area contributed by atoms with Crippen LogP contribution in [0.3, 0.4) is 0 Å². The van der Waals surface area contributed by atoms with Crippen molar-refractivity contribution in [1.82, 2.24) is 10.2 Å². The zero-order valence-corrected chi connectivity index (χ0v) is 14.5. The number of benzene rings is 1. The Morgan fingerprint density at radius 3 is 2.24 bits per heavy atom. The Balaban J connectivity index is 2.66. The summed E-state index contributed by atoms with van der Waals surface area (Å²) in [6.45, 7) is 12.0. The van der Waals surface area contributed by atoms with E-state index < -0.39 is 0 Å². The Hall–Kier alpha value is -1.06. The van der Waals surface area contributed by atoms with E-state index in [1.807, 2.05) is 31.2 Å². The quantitative estimate of drug-likeness (QED) is 0.836. The summed E-state index contributed by atoms with van der Waals surface area (Å²) in [6.07, 6.45) is 0.779. The predicted molar refractivity (Wildman–Crippen MR) is 89.8 cm³/mol. The number of hydrogen-bond acceptors (Lipinski definition) is 2. The molecule has 1 aromatic rings. The molecule has 0 bridgehead atoms. The van der Waals surface area contributed by atoms with Gasteiger partial charge in [0, 0.05) is 10.6 Å². The molecular weight excluding hydrogens is 284 g/mol. The first-order valence-electron chi connectivity index (χ1n) is 7.59. The van der Waals surface area contributed by atoms with Crippen molar-refractivity contribution in [2.45, 2.75) is 52.6 Å². The van der Waals surface area contributed by atoms with Crippen LogP contribution in [0.4, 0.5) is 0 Å². The molecule has 1 amide bonds. The number of nitrogens with one attached hydrogen (secondary N) is 1. The molecule has 1 rings (SSSR count). The van der Waals surface area contributed by atoms with Gasteiger partial charge >= 0.3 is 0 Å². The fourth-order valence-electron chi connectivity index (χ4n) is 2.53. The van der Waals surface area contributed by atoms with Crippen molar-refractivity contribution in [3.63, 3.8) is 0 Å². The smallest absolute Gasteiger partial charge is 0.237 e. The van der Waals surface area contributed by atoms with Crippen LogP contribution in [-0.4, -0.2) is 35.5 Å². The Morgan fingerprint density at radius 1 is 1.24 bits per heavy atom. The van der Waals surface area contributed by atoms with Crippen LogP contribution in [-0.2, 0) is 11.2 Å². The summed E-state index contributed by atoms with van der Waals surface area (Å²) in [5, 5.41) is 3.89. The van der Waals surface area contributed by atoms with Crippen molar-refractivity contribution in [3.8, 4) is 0 Å². The largest absolute Gasteiger partial charge is 0.350 e. The molecule has 0 aromatic heterocycles. The maximum atomic E-state index is 12.4. The summed E-state index contributed by atoms with van der Waals surface area (Å²) in [6, 6.07) is 7.67. The lowest BCUT2D eigenvalue weighted by Gasteiger charge is -2.31. The Labute approximate surface area is 133 Å². The van der Waals surface area contributed by atoms with Gasteiger partial charge in [-0.3, -0.25) is 9.69 Å². The van der Waals surface area contributed by atoms with E-state index in [2.05, 4.69) is 37.9 Å². The summed E-state index contributed by atoms with van der Waals surface area (Å²) in [5.74, 6) is 0.0812. The second kappa shape index (κ2) is 7.81. The van der Waals surface area contributed by atoms with Crippen LogP contribution in [0.25, 0.3) is 0 Å². The van der Waals surface area contributed by atoms with Gasteiger partial charge in [0.1, 0.15) is 0 Å². The average Bonchev–Trinajstić information content (AvgIpc) is 2.41. The number of carbonyl (C=O) groups excluding carboxylic acids is 1. The molecule has 0 saturated carbocycles. The molecule has 0 radical (unpaired) electrons. The van der Waals surface area contributed by atoms with Crippen LogP contribution in [0, 0.1) is 0 Å². The first kappa shape index (κ1) is 18.0. The molecule has 4 heteroatoms. The van der Waals surface area contributed by atoms with Crippen LogP contribution in [0.15, 0.2) is 24.3 Å². The Morgan fingerprint density at radius 2 is 1.76 bits per heavy atom. The van der Waals surface area contributed by atoms with E-state index >= 15 is 0 Å². The van der Waals surface area contributed by atoms with E-state index in [9.17, 15) is 4.79 Å². The fourth-order valence-corrected chi connectivity index (χ4v) is 2.66. The van der Waals surface area contributed by atoms with E-state index in [1.165, 1.54) is 5.56 Å². The van der Waals surface area contributed by atoms with Crippen molar-refractivity contribution >= 4 is 17.5 Å². The minimum atomic E-state index is -0.285. The zero-order valence-electron chi connectivity index (χ0n) is 13.7. The minimum Gasteiger partial charge on any atom is -0.350 e. The van der Waals surface area contributed by atoms with E-state index in [0.29, 0.717) is 0 Å². The van der Waals surface area contributed by atoms with Crippen LogP contribution >= 0.6 is 11.6 Å². The Bertz CT molecular complexity index is 452. The number of amides is 1. The normalized spacial score (nSPS) is 13.3. The minimum absolute atomic E-state index is 0.0812. The third kappa shape index (κ3) is 5.68. The van der Waals surface area contributed by atoms with Crippen LogP contribution in [0.5, 0.6) is 0 Å². The van der Waals surface area contributed by atoms with Gasteiger partial charge in [0.25, 0.3) is 0 Å². The third-order valence-corrected chi connectivity index (χ3v) is 4.01. The molecule has 3 nitrogen and oxygen atoms in total. The molecule has 1 unspecified atom stereocenters. The number of halogens is 1. The van der Waals surface area contributed by atoms with Gasteiger partial charge in [0.15, 0.2) is 0 Å². The first-order chi connectivity index (χ1) is 9.79. The Kier molecular flexibility index (Phi) is 6.69. The molecule has 0 spiro atoms. The molecule has 0 aliphatic rings. The van der Waals surface area contributed by atoms with Gasteiger partial charge in [-0.1, -0.05) is 37.6 Å². The SMILES string of the molecule is CCN(CC)C(C)C(=O)NC(C)(C)Cc1ccc(Cl)cc1. The highest BCUT2D eigenvalue weighted by atomic mass is 35.5. The van der Waals surface area contributed by atoms with E-state index in [-0.39, 0.29) is 17.5 Å². The van der Waals surface area contributed by atoms with Crippen molar-refractivity contribution in [1.29, 1.82) is 0 Å². The number of hydrogen-bond donors (Lipinski definition) is 1. The molecule has 0 aliphatic heterocycles. The molecular formula is C17H27ClN2O. The second-order valence-corrected chi connectivity index (χ2v) is 6.51. The third-order valence-electron chi connectivity index (χ3n) is 3.76. The number of rotatable bonds is 7. The van der Waals surface area contributed by atoms with E-state index in [1.54, 1.807) is 0 Å². The summed E-state index contributed by atoms with van der Waals surface area (Å²) < 4.78 is 0. The lowest BCUT2D eigenvalue weighted by atomic mass is 9.94. The van der Waals surface area contributed by atoms with Crippen molar-refractivity contribution in [3.05, 3.63) is 34.9 Å². The molecule has 1 N–H and O–H groups in total. The fraction of sp³-hybridized carbons (Fsp3) is 0.588. The highest BCUT2D eigenvalue weighted by Gasteiger charge is 2.26. The van der Waals surface area contributed by atoms with Gasteiger partial charge in [-0.05, 0) is 58.0 Å². The van der Waals surface area contributed by atoms with Crippen LogP contribution < -0.4 is 5.32 Å². The lowest BCUT2D eigenvalue weighted by molar-refractivity contribution is -0.127. The molecule has 0 heterocycles. The van der Waals surface area contributed by atoms with Gasteiger partial charge < -0.3 is 5.32 Å². The van der Waals surface area contributed by atoms with Crippen LogP contribution in [0.2, 0.25) is 5.02 Å². The summed E-state index contributed by atoms with van der Waals surface area (Å²) >= 11 is 5.90. The second-order valence-electron chi connectivity index (χ2n) is 6.07. The highest BCUT2D eigenvalue weighted by Crippen LogP contribution is 2.16. The van der Waals surface area contributed by atoms with Crippen molar-refractivity contribution < 1.29 is 4.79 Å². The van der Waals surface area contributed by atoms with Crippen LogP contribution in [0.1, 0.15) is 40.2 Å².